The van der Waals surface area contributed by atoms with E-state index >= 15 is 0 Å². The van der Waals surface area contributed by atoms with Crippen molar-refractivity contribution in [1.82, 2.24) is 19.2 Å². The molecule has 4 rings (SSSR count). The minimum Gasteiger partial charge on any atom is -0.388 e. The highest BCUT2D eigenvalue weighted by molar-refractivity contribution is 7.99. The van der Waals surface area contributed by atoms with Crippen LogP contribution in [0.5, 0.6) is 0 Å². The molecule has 7 heteroatoms. The summed E-state index contributed by atoms with van der Waals surface area (Å²) in [5.41, 5.74) is 1.48. The van der Waals surface area contributed by atoms with E-state index in [1.807, 2.05) is 52.9 Å². The van der Waals surface area contributed by atoms with Crippen LogP contribution in [0.1, 0.15) is 11.7 Å². The smallest absolute Gasteiger partial charge is 0.263 e. The zero-order valence-electron chi connectivity index (χ0n) is 14.5. The van der Waals surface area contributed by atoms with E-state index in [2.05, 4.69) is 16.8 Å². The van der Waals surface area contributed by atoms with E-state index in [4.69, 9.17) is 0 Å². The molecule has 1 N–H and O–H groups in total. The molecular formula is C20H18N4O2S. The Kier molecular flexibility index (Phi) is 4.79. The first-order valence-corrected chi connectivity index (χ1v) is 9.52. The van der Waals surface area contributed by atoms with Gasteiger partial charge in [0.1, 0.15) is 0 Å². The number of rotatable bonds is 6. The van der Waals surface area contributed by atoms with Crippen LogP contribution in [0.4, 0.5) is 0 Å². The maximum Gasteiger partial charge on any atom is 0.263 e. The first kappa shape index (κ1) is 17.5. The monoisotopic (exact) mass is 378 g/mol. The summed E-state index contributed by atoms with van der Waals surface area (Å²) in [6.45, 7) is 4.08. The van der Waals surface area contributed by atoms with Gasteiger partial charge in [-0.2, -0.15) is 0 Å². The van der Waals surface area contributed by atoms with Gasteiger partial charge in [0, 0.05) is 12.3 Å². The Hall–Kier alpha value is -2.90. The lowest BCUT2D eigenvalue weighted by Gasteiger charge is -2.11. The molecule has 0 radical (unpaired) electrons. The van der Waals surface area contributed by atoms with Crippen LogP contribution in [0.25, 0.3) is 16.7 Å². The minimum atomic E-state index is -0.617. The van der Waals surface area contributed by atoms with Crippen LogP contribution < -0.4 is 5.56 Å². The number of hydrogen-bond donors (Lipinski definition) is 1. The Morgan fingerprint density at radius 1 is 1.11 bits per heavy atom. The van der Waals surface area contributed by atoms with Gasteiger partial charge >= 0.3 is 0 Å². The van der Waals surface area contributed by atoms with Crippen molar-refractivity contribution in [1.29, 1.82) is 0 Å². The second-order valence-electron chi connectivity index (χ2n) is 6.08. The van der Waals surface area contributed by atoms with Crippen molar-refractivity contribution in [3.8, 4) is 0 Å². The largest absolute Gasteiger partial charge is 0.388 e. The van der Waals surface area contributed by atoms with E-state index in [1.165, 1.54) is 11.8 Å². The van der Waals surface area contributed by atoms with Gasteiger partial charge in [-0.15, -0.1) is 16.8 Å². The van der Waals surface area contributed by atoms with Gasteiger partial charge in [-0.1, -0.05) is 60.3 Å². The van der Waals surface area contributed by atoms with Gasteiger partial charge in [0.2, 0.25) is 5.78 Å². The van der Waals surface area contributed by atoms with Gasteiger partial charge in [0.15, 0.2) is 5.16 Å². The molecule has 1 atom stereocenters. The maximum atomic E-state index is 12.8. The van der Waals surface area contributed by atoms with Crippen LogP contribution in [0.2, 0.25) is 0 Å². The second-order valence-corrected chi connectivity index (χ2v) is 7.06. The highest BCUT2D eigenvalue weighted by atomic mass is 32.2. The van der Waals surface area contributed by atoms with Crippen LogP contribution in [0.3, 0.4) is 0 Å². The average Bonchev–Trinajstić information content (AvgIpc) is 3.14. The van der Waals surface area contributed by atoms with Crippen LogP contribution >= 0.6 is 11.8 Å². The summed E-state index contributed by atoms with van der Waals surface area (Å²) in [7, 11) is 0. The minimum absolute atomic E-state index is 0.119. The van der Waals surface area contributed by atoms with Crippen molar-refractivity contribution in [2.75, 3.05) is 5.75 Å². The summed E-state index contributed by atoms with van der Waals surface area (Å²) in [5.74, 6) is 0.898. The first-order chi connectivity index (χ1) is 13.2. The normalized spacial score (nSPS) is 12.5. The molecule has 0 amide bonds. The van der Waals surface area contributed by atoms with E-state index < -0.39 is 6.10 Å². The molecule has 0 aliphatic heterocycles. The lowest BCUT2D eigenvalue weighted by molar-refractivity contribution is 0.204. The number of para-hydroxylation sites is 1. The highest BCUT2D eigenvalue weighted by Crippen LogP contribution is 2.26. The van der Waals surface area contributed by atoms with Crippen molar-refractivity contribution in [2.45, 2.75) is 17.8 Å². The lowest BCUT2D eigenvalue weighted by Crippen LogP contribution is -2.22. The predicted molar refractivity (Wildman–Crippen MR) is 107 cm³/mol. The number of fused-ring (bicyclic) bond motifs is 3. The van der Waals surface area contributed by atoms with E-state index in [0.29, 0.717) is 28.6 Å². The average molecular weight is 378 g/mol. The summed E-state index contributed by atoms with van der Waals surface area (Å²) in [4.78, 5) is 12.8. The fourth-order valence-corrected chi connectivity index (χ4v) is 3.95. The standard InChI is InChI=1S/C20H18N4O2S/c1-2-12-23-18(26)15-10-6-7-11-16(15)24-19(23)21-22-20(24)27-13-17(25)14-8-4-3-5-9-14/h2-11,17,25H,1,12-13H2/t17-/m0/s1. The molecule has 27 heavy (non-hydrogen) atoms. The van der Waals surface area contributed by atoms with Crippen molar-refractivity contribution in [3.63, 3.8) is 0 Å². The third-order valence-corrected chi connectivity index (χ3v) is 5.35. The summed E-state index contributed by atoms with van der Waals surface area (Å²) >= 11 is 1.41. The SMILES string of the molecule is C=CCn1c(=O)c2ccccc2n2c(SC[C@H](O)c3ccccc3)nnc12. The van der Waals surface area contributed by atoms with E-state index in [-0.39, 0.29) is 5.56 Å². The molecule has 136 valence electrons. The predicted octanol–water partition coefficient (Wildman–Crippen LogP) is 3.06. The van der Waals surface area contributed by atoms with Crippen LogP contribution in [-0.2, 0) is 6.54 Å². The fourth-order valence-electron chi connectivity index (χ4n) is 3.05. The number of thioether (sulfide) groups is 1. The number of nitrogens with zero attached hydrogens (tertiary/aromatic N) is 4. The second kappa shape index (κ2) is 7.38. The van der Waals surface area contributed by atoms with Crippen molar-refractivity contribution in [2.24, 2.45) is 0 Å². The maximum absolute atomic E-state index is 12.8. The van der Waals surface area contributed by atoms with E-state index in [1.54, 1.807) is 16.7 Å². The molecule has 0 aliphatic carbocycles. The molecule has 0 aliphatic rings. The molecule has 0 unspecified atom stereocenters. The Labute approximate surface area is 159 Å². The van der Waals surface area contributed by atoms with Gasteiger partial charge in [-0.25, -0.2) is 0 Å². The van der Waals surface area contributed by atoms with Crippen molar-refractivity contribution >= 4 is 28.4 Å². The highest BCUT2D eigenvalue weighted by Gasteiger charge is 2.17. The Bertz CT molecular complexity index is 1170. The van der Waals surface area contributed by atoms with E-state index in [9.17, 15) is 9.90 Å². The van der Waals surface area contributed by atoms with Crippen molar-refractivity contribution < 1.29 is 5.11 Å². The summed E-state index contributed by atoms with van der Waals surface area (Å²) in [6, 6.07) is 16.9. The Balaban J connectivity index is 1.78. The lowest BCUT2D eigenvalue weighted by atomic mass is 10.1. The van der Waals surface area contributed by atoms with Gasteiger partial charge in [-0.05, 0) is 17.7 Å². The number of hydrogen-bond acceptors (Lipinski definition) is 5. The molecule has 0 saturated carbocycles. The number of aliphatic hydroxyl groups is 1. The summed E-state index contributed by atoms with van der Waals surface area (Å²) in [6.07, 6.45) is 1.05. The molecule has 0 fully saturated rings. The third kappa shape index (κ3) is 3.15. The van der Waals surface area contributed by atoms with Crippen molar-refractivity contribution in [3.05, 3.63) is 83.2 Å². The number of benzene rings is 2. The van der Waals surface area contributed by atoms with Gasteiger partial charge in [0.25, 0.3) is 5.56 Å². The number of aliphatic hydroxyl groups excluding tert-OH is 1. The quantitative estimate of drug-likeness (QED) is 0.412. The molecule has 0 bridgehead atoms. The summed E-state index contributed by atoms with van der Waals surface area (Å²) in [5, 5.41) is 20.2. The van der Waals surface area contributed by atoms with Crippen LogP contribution in [-0.4, -0.2) is 30.0 Å². The van der Waals surface area contributed by atoms with Crippen LogP contribution in [0.15, 0.2) is 77.2 Å². The van der Waals surface area contributed by atoms with Gasteiger partial charge < -0.3 is 5.11 Å². The molecule has 2 heterocycles. The first-order valence-electron chi connectivity index (χ1n) is 8.54. The zero-order chi connectivity index (χ0) is 18.8. The molecule has 6 nitrogen and oxygen atoms in total. The van der Waals surface area contributed by atoms with Crippen LogP contribution in [0, 0.1) is 0 Å². The van der Waals surface area contributed by atoms with Gasteiger partial charge in [0.05, 0.1) is 17.0 Å². The van der Waals surface area contributed by atoms with E-state index in [0.717, 1.165) is 11.1 Å². The fraction of sp³-hybridized carbons (Fsp3) is 0.150. The zero-order valence-corrected chi connectivity index (χ0v) is 15.3. The molecule has 4 aromatic rings. The molecule has 0 spiro atoms. The molecule has 2 aromatic carbocycles. The number of aromatic nitrogens is 4. The third-order valence-electron chi connectivity index (χ3n) is 4.34. The molecule has 0 saturated heterocycles. The Morgan fingerprint density at radius 2 is 1.85 bits per heavy atom. The molecule has 2 aromatic heterocycles. The molecular weight excluding hydrogens is 360 g/mol. The number of allylic oxidation sites excluding steroid dienone is 1. The van der Waals surface area contributed by atoms with Gasteiger partial charge in [-0.3, -0.25) is 13.8 Å². The summed E-state index contributed by atoms with van der Waals surface area (Å²) < 4.78 is 3.42. The topological polar surface area (TPSA) is 72.4 Å². The Morgan fingerprint density at radius 3 is 2.63 bits per heavy atom.